The van der Waals surface area contributed by atoms with Crippen LogP contribution in [0.25, 0.3) is 0 Å². The molecule has 0 saturated carbocycles. The van der Waals surface area contributed by atoms with Gasteiger partial charge in [0.2, 0.25) is 0 Å². The topological polar surface area (TPSA) is 72.9 Å². The number of hydrogen-bond donors (Lipinski definition) is 2. The average Bonchev–Trinajstić information content (AvgIpc) is 2.81. The molecule has 0 aliphatic carbocycles. The van der Waals surface area contributed by atoms with Crippen LogP contribution in [0.1, 0.15) is 21.5 Å². The predicted octanol–water partition coefficient (Wildman–Crippen LogP) is 0.809. The van der Waals surface area contributed by atoms with Crippen LogP contribution in [-0.4, -0.2) is 15.7 Å². The first-order chi connectivity index (χ1) is 8.70. The minimum absolute atomic E-state index is 0.111. The number of nitrogens with zero attached hydrogens (tertiary/aromatic N) is 2. The Bertz CT molecular complexity index is 547. The highest BCUT2D eigenvalue weighted by atomic mass is 16.1. The molecule has 18 heavy (non-hydrogen) atoms. The number of nitrogens with two attached hydrogens (primary N) is 1. The zero-order chi connectivity index (χ0) is 13.0. The van der Waals surface area contributed by atoms with Crippen LogP contribution in [0.3, 0.4) is 0 Å². The van der Waals surface area contributed by atoms with Crippen LogP contribution in [0.5, 0.6) is 0 Å². The molecule has 0 bridgehead atoms. The second-order valence-corrected chi connectivity index (χ2v) is 4.07. The van der Waals surface area contributed by atoms with Gasteiger partial charge >= 0.3 is 0 Å². The Morgan fingerprint density at radius 3 is 2.89 bits per heavy atom. The number of aromatic nitrogens is 2. The summed E-state index contributed by atoms with van der Waals surface area (Å²) < 4.78 is 1.70. The van der Waals surface area contributed by atoms with E-state index < -0.39 is 0 Å². The number of aryl methyl sites for hydroxylation is 1. The summed E-state index contributed by atoms with van der Waals surface area (Å²) in [6.45, 7) is 0.821. The van der Waals surface area contributed by atoms with Gasteiger partial charge in [-0.05, 0) is 11.6 Å². The lowest BCUT2D eigenvalue weighted by atomic mass is 10.1. The van der Waals surface area contributed by atoms with Crippen LogP contribution in [0, 0.1) is 0 Å². The third-order valence-corrected chi connectivity index (χ3v) is 2.69. The van der Waals surface area contributed by atoms with Crippen molar-refractivity contribution in [1.29, 1.82) is 0 Å². The summed E-state index contributed by atoms with van der Waals surface area (Å²) >= 11 is 0. The summed E-state index contributed by atoms with van der Waals surface area (Å²) in [4.78, 5) is 12.0. The summed E-state index contributed by atoms with van der Waals surface area (Å²) in [5.41, 5.74) is 8.05. The molecule has 0 spiro atoms. The standard InChI is InChI=1S/C13H16N4O/c1-17-9-10(8-16-17)7-15-13(18)12-5-3-2-4-11(12)6-14/h2-5,8-9H,6-7,14H2,1H3,(H,15,18). The lowest BCUT2D eigenvalue weighted by Gasteiger charge is -2.07. The van der Waals surface area contributed by atoms with Crippen LogP contribution in [0.2, 0.25) is 0 Å². The second-order valence-electron chi connectivity index (χ2n) is 4.07. The minimum Gasteiger partial charge on any atom is -0.348 e. The molecule has 2 rings (SSSR count). The molecule has 2 aromatic rings. The second kappa shape index (κ2) is 5.46. The number of carbonyl (C=O) groups excluding carboxylic acids is 1. The van der Waals surface area contributed by atoms with Gasteiger partial charge in [-0.1, -0.05) is 18.2 Å². The molecule has 1 aromatic carbocycles. The number of nitrogens with one attached hydrogen (secondary N) is 1. The van der Waals surface area contributed by atoms with Gasteiger partial charge in [0.1, 0.15) is 0 Å². The fourth-order valence-corrected chi connectivity index (χ4v) is 1.76. The highest BCUT2D eigenvalue weighted by Crippen LogP contribution is 2.08. The zero-order valence-corrected chi connectivity index (χ0v) is 10.3. The summed E-state index contributed by atoms with van der Waals surface area (Å²) in [6.07, 6.45) is 3.60. The molecule has 5 heteroatoms. The summed E-state index contributed by atoms with van der Waals surface area (Å²) in [6, 6.07) is 7.35. The molecule has 0 aliphatic rings. The van der Waals surface area contributed by atoms with Crippen LogP contribution in [0.4, 0.5) is 0 Å². The van der Waals surface area contributed by atoms with E-state index >= 15 is 0 Å². The van der Waals surface area contributed by atoms with Crippen molar-refractivity contribution in [2.75, 3.05) is 0 Å². The highest BCUT2D eigenvalue weighted by Gasteiger charge is 2.09. The molecular weight excluding hydrogens is 228 g/mol. The van der Waals surface area contributed by atoms with Crippen LogP contribution in [0.15, 0.2) is 36.7 Å². The molecule has 1 aromatic heterocycles. The van der Waals surface area contributed by atoms with E-state index in [-0.39, 0.29) is 5.91 Å². The van der Waals surface area contributed by atoms with E-state index in [1.54, 1.807) is 16.9 Å². The molecular formula is C13H16N4O. The van der Waals surface area contributed by atoms with Gasteiger partial charge in [0.15, 0.2) is 0 Å². The van der Waals surface area contributed by atoms with E-state index in [0.29, 0.717) is 18.7 Å². The van der Waals surface area contributed by atoms with Crippen molar-refractivity contribution >= 4 is 5.91 Å². The number of hydrogen-bond acceptors (Lipinski definition) is 3. The number of rotatable bonds is 4. The first-order valence-corrected chi connectivity index (χ1v) is 5.74. The van der Waals surface area contributed by atoms with Crippen molar-refractivity contribution in [2.24, 2.45) is 12.8 Å². The lowest BCUT2D eigenvalue weighted by molar-refractivity contribution is 0.0950. The van der Waals surface area contributed by atoms with E-state index in [4.69, 9.17) is 5.73 Å². The molecule has 0 fully saturated rings. The average molecular weight is 244 g/mol. The van der Waals surface area contributed by atoms with Gasteiger partial charge in [-0.25, -0.2) is 0 Å². The molecule has 0 radical (unpaired) electrons. The molecule has 1 amide bonds. The zero-order valence-electron chi connectivity index (χ0n) is 10.3. The molecule has 3 N–H and O–H groups in total. The van der Waals surface area contributed by atoms with E-state index in [1.165, 1.54) is 0 Å². The van der Waals surface area contributed by atoms with Gasteiger partial charge in [-0.3, -0.25) is 9.48 Å². The number of amides is 1. The predicted molar refractivity (Wildman–Crippen MR) is 68.7 cm³/mol. The summed E-state index contributed by atoms with van der Waals surface area (Å²) in [7, 11) is 1.84. The van der Waals surface area contributed by atoms with Crippen molar-refractivity contribution in [3.8, 4) is 0 Å². The Balaban J connectivity index is 2.03. The van der Waals surface area contributed by atoms with E-state index in [0.717, 1.165) is 11.1 Å². The first-order valence-electron chi connectivity index (χ1n) is 5.74. The van der Waals surface area contributed by atoms with Crippen molar-refractivity contribution in [3.63, 3.8) is 0 Å². The Kier molecular flexibility index (Phi) is 3.74. The molecule has 5 nitrogen and oxygen atoms in total. The van der Waals surface area contributed by atoms with Gasteiger partial charge < -0.3 is 11.1 Å². The van der Waals surface area contributed by atoms with Gasteiger partial charge in [0, 0.05) is 37.5 Å². The maximum atomic E-state index is 12.0. The van der Waals surface area contributed by atoms with E-state index in [1.807, 2.05) is 31.4 Å². The van der Waals surface area contributed by atoms with Crippen LogP contribution in [-0.2, 0) is 20.1 Å². The van der Waals surface area contributed by atoms with Crippen molar-refractivity contribution < 1.29 is 4.79 Å². The maximum Gasteiger partial charge on any atom is 0.251 e. The van der Waals surface area contributed by atoms with Gasteiger partial charge in [0.05, 0.1) is 6.20 Å². The smallest absolute Gasteiger partial charge is 0.251 e. The molecule has 94 valence electrons. The van der Waals surface area contributed by atoms with E-state index in [2.05, 4.69) is 10.4 Å². The third-order valence-electron chi connectivity index (χ3n) is 2.69. The van der Waals surface area contributed by atoms with Gasteiger partial charge in [-0.15, -0.1) is 0 Å². The largest absolute Gasteiger partial charge is 0.348 e. The Morgan fingerprint density at radius 2 is 2.22 bits per heavy atom. The normalized spacial score (nSPS) is 10.3. The quantitative estimate of drug-likeness (QED) is 0.836. The molecule has 1 heterocycles. The molecule has 0 atom stereocenters. The molecule has 0 aliphatic heterocycles. The molecule has 0 saturated heterocycles. The van der Waals surface area contributed by atoms with Crippen LogP contribution >= 0.6 is 0 Å². The van der Waals surface area contributed by atoms with Crippen molar-refractivity contribution in [2.45, 2.75) is 13.1 Å². The fourth-order valence-electron chi connectivity index (χ4n) is 1.76. The van der Waals surface area contributed by atoms with Crippen molar-refractivity contribution in [3.05, 3.63) is 53.3 Å². The van der Waals surface area contributed by atoms with Crippen molar-refractivity contribution in [1.82, 2.24) is 15.1 Å². The summed E-state index contributed by atoms with van der Waals surface area (Å²) in [5.74, 6) is -0.111. The number of benzene rings is 1. The third kappa shape index (κ3) is 2.75. The van der Waals surface area contributed by atoms with Gasteiger partial charge in [-0.2, -0.15) is 5.10 Å². The SMILES string of the molecule is Cn1cc(CNC(=O)c2ccccc2CN)cn1. The fraction of sp³-hybridized carbons (Fsp3) is 0.231. The monoisotopic (exact) mass is 244 g/mol. The van der Waals surface area contributed by atoms with Gasteiger partial charge in [0.25, 0.3) is 5.91 Å². The minimum atomic E-state index is -0.111. The summed E-state index contributed by atoms with van der Waals surface area (Å²) in [5, 5.41) is 6.90. The van der Waals surface area contributed by atoms with Crippen LogP contribution < -0.4 is 11.1 Å². The molecule has 0 unspecified atom stereocenters. The Hall–Kier alpha value is -2.14. The maximum absolute atomic E-state index is 12.0. The highest BCUT2D eigenvalue weighted by molar-refractivity contribution is 5.95. The van der Waals surface area contributed by atoms with E-state index in [9.17, 15) is 4.79 Å². The Labute approximate surface area is 106 Å². The Morgan fingerprint density at radius 1 is 1.44 bits per heavy atom. The lowest BCUT2D eigenvalue weighted by Crippen LogP contribution is -2.24. The number of carbonyl (C=O) groups is 1. The first kappa shape index (κ1) is 12.3.